The van der Waals surface area contributed by atoms with E-state index in [4.69, 9.17) is 0 Å². The van der Waals surface area contributed by atoms with E-state index in [-0.39, 0.29) is 42.0 Å². The molecule has 1 aromatic carbocycles. The monoisotopic (exact) mass is 430 g/mol. The number of nitrogens with zero attached hydrogens (tertiary/aromatic N) is 5. The van der Waals surface area contributed by atoms with Crippen LogP contribution in [0.2, 0.25) is 0 Å². The minimum atomic E-state index is -0.857. The van der Waals surface area contributed by atoms with Crippen molar-refractivity contribution in [2.45, 2.75) is 38.1 Å². The first-order valence-electron chi connectivity index (χ1n) is 10.6. The van der Waals surface area contributed by atoms with Crippen LogP contribution in [0.4, 0.5) is 8.78 Å². The van der Waals surface area contributed by atoms with Gasteiger partial charge in [-0.1, -0.05) is 12.1 Å². The molecular formula is C21H24F2N6O2. The minimum absolute atomic E-state index is 0.0162. The van der Waals surface area contributed by atoms with Gasteiger partial charge in [-0.05, 0) is 30.5 Å². The SMILES string of the molecule is O=C(NCc1ccc(F)cc1)c1nnc2n1CCN1CCN(C(=O)C3CC(F)C3)C[C@@H]21. The maximum atomic E-state index is 13.2. The van der Waals surface area contributed by atoms with Crippen LogP contribution >= 0.6 is 0 Å². The highest BCUT2D eigenvalue weighted by Gasteiger charge is 2.42. The quantitative estimate of drug-likeness (QED) is 0.791. The number of carbonyl (C=O) groups is 2. The van der Waals surface area contributed by atoms with Crippen LogP contribution in [-0.4, -0.2) is 68.7 Å². The second kappa shape index (κ2) is 7.99. The van der Waals surface area contributed by atoms with Gasteiger partial charge in [0.15, 0.2) is 5.82 Å². The number of piperazine rings is 1. The highest BCUT2D eigenvalue weighted by molar-refractivity contribution is 5.90. The third-order valence-electron chi connectivity index (χ3n) is 6.49. The van der Waals surface area contributed by atoms with E-state index in [2.05, 4.69) is 20.4 Å². The number of rotatable bonds is 4. The summed E-state index contributed by atoms with van der Waals surface area (Å²) in [6.45, 7) is 3.42. The lowest BCUT2D eigenvalue weighted by Crippen LogP contribution is -2.55. The van der Waals surface area contributed by atoms with Crippen LogP contribution in [0, 0.1) is 11.7 Å². The highest BCUT2D eigenvalue weighted by atomic mass is 19.1. The van der Waals surface area contributed by atoms with E-state index >= 15 is 0 Å². The number of fused-ring (bicyclic) bond motifs is 3. The van der Waals surface area contributed by atoms with Crippen LogP contribution in [0.15, 0.2) is 24.3 Å². The summed E-state index contributed by atoms with van der Waals surface area (Å²) in [5.74, 6) is 0.0436. The van der Waals surface area contributed by atoms with Crippen molar-refractivity contribution >= 4 is 11.8 Å². The van der Waals surface area contributed by atoms with Gasteiger partial charge in [-0.2, -0.15) is 0 Å². The maximum absolute atomic E-state index is 13.2. The molecule has 1 aliphatic carbocycles. The molecule has 0 bridgehead atoms. The Morgan fingerprint density at radius 1 is 1.06 bits per heavy atom. The summed E-state index contributed by atoms with van der Waals surface area (Å²) in [6.07, 6.45) is -0.222. The Morgan fingerprint density at radius 2 is 1.81 bits per heavy atom. The third-order valence-corrected chi connectivity index (χ3v) is 6.49. The molecule has 31 heavy (non-hydrogen) atoms. The van der Waals surface area contributed by atoms with Crippen LogP contribution in [-0.2, 0) is 17.9 Å². The van der Waals surface area contributed by atoms with Crippen molar-refractivity contribution in [2.24, 2.45) is 5.92 Å². The van der Waals surface area contributed by atoms with Gasteiger partial charge in [0.25, 0.3) is 5.91 Å². The lowest BCUT2D eigenvalue weighted by molar-refractivity contribution is -0.144. The van der Waals surface area contributed by atoms with Gasteiger partial charge < -0.3 is 14.8 Å². The fourth-order valence-electron chi connectivity index (χ4n) is 4.58. The molecular weight excluding hydrogens is 406 g/mol. The Balaban J connectivity index is 1.27. The molecule has 1 saturated carbocycles. The van der Waals surface area contributed by atoms with Gasteiger partial charge in [0.05, 0.1) is 6.04 Å². The molecule has 3 aliphatic rings. The Bertz CT molecular complexity index is 988. The summed E-state index contributed by atoms with van der Waals surface area (Å²) >= 11 is 0. The molecule has 1 atom stereocenters. The maximum Gasteiger partial charge on any atom is 0.289 e. The number of aromatic nitrogens is 3. The predicted molar refractivity (Wildman–Crippen MR) is 106 cm³/mol. The van der Waals surface area contributed by atoms with Gasteiger partial charge in [-0.15, -0.1) is 10.2 Å². The van der Waals surface area contributed by atoms with Crippen LogP contribution < -0.4 is 5.32 Å². The number of hydrogen-bond donors (Lipinski definition) is 1. The molecule has 0 unspecified atom stereocenters. The van der Waals surface area contributed by atoms with Crippen molar-refractivity contribution in [3.63, 3.8) is 0 Å². The molecule has 1 N–H and O–H groups in total. The summed E-state index contributed by atoms with van der Waals surface area (Å²) in [4.78, 5) is 29.4. The molecule has 1 aromatic heterocycles. The van der Waals surface area contributed by atoms with Crippen LogP contribution in [0.25, 0.3) is 0 Å². The average Bonchev–Trinajstić information content (AvgIpc) is 3.20. The molecule has 5 rings (SSSR count). The molecule has 2 aliphatic heterocycles. The van der Waals surface area contributed by atoms with Gasteiger partial charge in [0, 0.05) is 45.2 Å². The van der Waals surface area contributed by atoms with Crippen molar-refractivity contribution in [1.82, 2.24) is 29.9 Å². The first-order valence-corrected chi connectivity index (χ1v) is 10.6. The van der Waals surface area contributed by atoms with E-state index in [1.807, 2.05) is 4.57 Å². The molecule has 2 fully saturated rings. The lowest BCUT2D eigenvalue weighted by atomic mass is 9.82. The number of benzene rings is 1. The number of halogens is 2. The fourth-order valence-corrected chi connectivity index (χ4v) is 4.58. The summed E-state index contributed by atoms with van der Waals surface area (Å²) < 4.78 is 28.0. The molecule has 8 nitrogen and oxygen atoms in total. The standard InChI is InChI=1S/C21H24F2N6O2/c22-15-3-1-13(2-4-15)11-24-20(30)19-26-25-18-17-12-28(21(31)14-9-16(23)10-14)6-5-27(17)7-8-29(18)19/h1-4,14,16-17H,5-12H2,(H,24,30)/t14?,16?,17-/m0/s1. The third kappa shape index (κ3) is 3.80. The molecule has 2 aromatic rings. The minimum Gasteiger partial charge on any atom is -0.345 e. The molecule has 10 heteroatoms. The van der Waals surface area contributed by atoms with E-state index in [1.54, 1.807) is 17.0 Å². The van der Waals surface area contributed by atoms with E-state index in [1.165, 1.54) is 12.1 Å². The summed E-state index contributed by atoms with van der Waals surface area (Å²) in [7, 11) is 0. The number of carbonyl (C=O) groups excluding carboxylic acids is 2. The number of nitrogens with one attached hydrogen (secondary N) is 1. The topological polar surface area (TPSA) is 83.4 Å². The first-order chi connectivity index (χ1) is 15.0. The second-order valence-electron chi connectivity index (χ2n) is 8.44. The van der Waals surface area contributed by atoms with Crippen molar-refractivity contribution in [1.29, 1.82) is 0 Å². The number of alkyl halides is 1. The Labute approximate surface area is 178 Å². The average molecular weight is 430 g/mol. The molecule has 0 spiro atoms. The molecule has 0 radical (unpaired) electrons. The summed E-state index contributed by atoms with van der Waals surface area (Å²) in [5, 5.41) is 11.2. The Morgan fingerprint density at radius 3 is 2.55 bits per heavy atom. The van der Waals surface area contributed by atoms with E-state index in [9.17, 15) is 18.4 Å². The molecule has 164 valence electrons. The number of amides is 2. The van der Waals surface area contributed by atoms with Crippen LogP contribution in [0.5, 0.6) is 0 Å². The van der Waals surface area contributed by atoms with Crippen LogP contribution in [0.3, 0.4) is 0 Å². The zero-order valence-corrected chi connectivity index (χ0v) is 17.0. The Kier molecular flexibility index (Phi) is 5.17. The number of hydrogen-bond acceptors (Lipinski definition) is 5. The highest BCUT2D eigenvalue weighted by Crippen LogP contribution is 2.34. The predicted octanol–water partition coefficient (Wildman–Crippen LogP) is 1.29. The van der Waals surface area contributed by atoms with Crippen molar-refractivity contribution in [2.75, 3.05) is 26.2 Å². The summed E-state index contributed by atoms with van der Waals surface area (Å²) in [5.41, 5.74) is 0.784. The van der Waals surface area contributed by atoms with Crippen molar-refractivity contribution in [3.05, 3.63) is 47.3 Å². The zero-order valence-electron chi connectivity index (χ0n) is 17.0. The van der Waals surface area contributed by atoms with Crippen LogP contribution in [0.1, 0.15) is 40.9 Å². The smallest absolute Gasteiger partial charge is 0.289 e. The van der Waals surface area contributed by atoms with E-state index < -0.39 is 6.17 Å². The van der Waals surface area contributed by atoms with Crippen molar-refractivity contribution < 1.29 is 18.4 Å². The van der Waals surface area contributed by atoms with Crippen molar-refractivity contribution in [3.8, 4) is 0 Å². The molecule has 1 saturated heterocycles. The van der Waals surface area contributed by atoms with Gasteiger partial charge in [-0.3, -0.25) is 14.5 Å². The lowest BCUT2D eigenvalue weighted by Gasteiger charge is -2.45. The van der Waals surface area contributed by atoms with E-state index in [0.29, 0.717) is 38.3 Å². The second-order valence-corrected chi connectivity index (χ2v) is 8.44. The van der Waals surface area contributed by atoms with E-state index in [0.717, 1.165) is 18.7 Å². The van der Waals surface area contributed by atoms with Gasteiger partial charge in [0.2, 0.25) is 11.7 Å². The normalized spacial score (nSPS) is 25.4. The fraction of sp³-hybridized carbons (Fsp3) is 0.524. The summed E-state index contributed by atoms with van der Waals surface area (Å²) in [6, 6.07) is 5.81. The molecule has 2 amide bonds. The van der Waals surface area contributed by atoms with Gasteiger partial charge >= 0.3 is 0 Å². The largest absolute Gasteiger partial charge is 0.345 e. The molecule has 3 heterocycles. The van der Waals surface area contributed by atoms with Gasteiger partial charge in [0.1, 0.15) is 12.0 Å². The first kappa shape index (κ1) is 20.0. The zero-order chi connectivity index (χ0) is 21.5. The Hall–Kier alpha value is -2.88. The van der Waals surface area contributed by atoms with Gasteiger partial charge in [-0.25, -0.2) is 8.78 Å².